The fourth-order valence-electron chi connectivity index (χ4n) is 1.54. The van der Waals surface area contributed by atoms with Crippen LogP contribution in [0, 0.1) is 0 Å². The van der Waals surface area contributed by atoms with Crippen molar-refractivity contribution in [2.75, 3.05) is 12.8 Å². The second-order valence-electron chi connectivity index (χ2n) is 3.51. The largest absolute Gasteiger partial charge is 0.314 e. The Bertz CT molecular complexity index is 256. The molecule has 14 heavy (non-hydrogen) atoms. The van der Waals surface area contributed by atoms with Gasteiger partial charge in [0, 0.05) is 10.9 Å². The highest BCUT2D eigenvalue weighted by molar-refractivity contribution is 7.98. The van der Waals surface area contributed by atoms with Crippen molar-refractivity contribution in [3.8, 4) is 0 Å². The third-order valence-electron chi connectivity index (χ3n) is 2.25. The molecule has 1 nitrogen and oxygen atoms in total. The quantitative estimate of drug-likeness (QED) is 0.748. The highest BCUT2D eigenvalue weighted by atomic mass is 32.2. The monoisotopic (exact) mass is 209 g/mol. The molecule has 0 radical (unpaired) electrons. The molecule has 0 fully saturated rings. The van der Waals surface area contributed by atoms with Crippen molar-refractivity contribution in [1.29, 1.82) is 0 Å². The lowest BCUT2D eigenvalue weighted by Gasteiger charge is -2.12. The van der Waals surface area contributed by atoms with Gasteiger partial charge >= 0.3 is 0 Å². The van der Waals surface area contributed by atoms with E-state index in [2.05, 4.69) is 49.7 Å². The normalized spacial score (nSPS) is 12.8. The Kier molecular flexibility index (Phi) is 5.05. The smallest absolute Gasteiger partial charge is 0.00790 e. The molecule has 1 atom stereocenters. The minimum absolute atomic E-state index is 0.570. The summed E-state index contributed by atoms with van der Waals surface area (Å²) in [6.45, 7) is 5.42. The summed E-state index contributed by atoms with van der Waals surface area (Å²) < 4.78 is 0. The van der Waals surface area contributed by atoms with Crippen LogP contribution in [0.5, 0.6) is 0 Å². The van der Waals surface area contributed by atoms with Gasteiger partial charge in [-0.05, 0) is 43.8 Å². The van der Waals surface area contributed by atoms with Crippen molar-refractivity contribution in [1.82, 2.24) is 5.32 Å². The number of likely N-dealkylation sites (N-methyl/N-ethyl adjacent to an activating group) is 1. The first-order valence-electron chi connectivity index (χ1n) is 5.12. The van der Waals surface area contributed by atoms with Gasteiger partial charge in [-0.15, -0.1) is 11.8 Å². The molecule has 0 spiro atoms. The maximum Gasteiger partial charge on any atom is 0.00790 e. The van der Waals surface area contributed by atoms with Crippen LogP contribution in [0.3, 0.4) is 0 Å². The molecule has 2 heteroatoms. The second kappa shape index (κ2) is 6.10. The zero-order chi connectivity index (χ0) is 10.4. The summed E-state index contributed by atoms with van der Waals surface area (Å²) in [6, 6.07) is 9.40. The first kappa shape index (κ1) is 11.6. The van der Waals surface area contributed by atoms with Crippen molar-refractivity contribution < 1.29 is 0 Å². The molecule has 78 valence electrons. The molecule has 1 unspecified atom stereocenters. The zero-order valence-corrected chi connectivity index (χ0v) is 10.0. The number of hydrogen-bond acceptors (Lipinski definition) is 2. The number of thioether (sulfide) groups is 1. The van der Waals surface area contributed by atoms with E-state index in [1.165, 1.54) is 10.5 Å². The number of nitrogens with one attached hydrogen (secondary N) is 1. The third-order valence-corrected chi connectivity index (χ3v) is 3.00. The number of benzene rings is 1. The van der Waals surface area contributed by atoms with Gasteiger partial charge in [0.25, 0.3) is 0 Å². The van der Waals surface area contributed by atoms with Gasteiger partial charge in [-0.1, -0.05) is 19.1 Å². The average Bonchev–Trinajstić information content (AvgIpc) is 2.19. The van der Waals surface area contributed by atoms with Gasteiger partial charge < -0.3 is 5.32 Å². The summed E-state index contributed by atoms with van der Waals surface area (Å²) >= 11 is 1.79. The molecule has 1 N–H and O–H groups in total. The van der Waals surface area contributed by atoms with E-state index < -0.39 is 0 Å². The zero-order valence-electron chi connectivity index (χ0n) is 9.21. The summed E-state index contributed by atoms with van der Waals surface area (Å²) in [5, 5.41) is 3.42. The molecule has 0 aliphatic carbocycles. The van der Waals surface area contributed by atoms with Gasteiger partial charge in [0.2, 0.25) is 0 Å². The lowest BCUT2D eigenvalue weighted by Crippen LogP contribution is -2.27. The summed E-state index contributed by atoms with van der Waals surface area (Å²) in [5.41, 5.74) is 1.41. The van der Waals surface area contributed by atoms with Gasteiger partial charge in [-0.25, -0.2) is 0 Å². The Morgan fingerprint density at radius 3 is 2.43 bits per heavy atom. The number of hydrogen-bond donors (Lipinski definition) is 1. The molecule has 0 bridgehead atoms. The lowest BCUT2D eigenvalue weighted by molar-refractivity contribution is 0.565. The molecule has 0 saturated heterocycles. The van der Waals surface area contributed by atoms with E-state index in [1.54, 1.807) is 11.8 Å². The molecule has 1 aromatic rings. The number of rotatable bonds is 5. The van der Waals surface area contributed by atoms with Crippen LogP contribution in [0.25, 0.3) is 0 Å². The van der Waals surface area contributed by atoms with Crippen LogP contribution >= 0.6 is 11.8 Å². The Hall–Kier alpha value is -0.470. The van der Waals surface area contributed by atoms with Crippen LogP contribution in [0.15, 0.2) is 29.2 Å². The van der Waals surface area contributed by atoms with Crippen LogP contribution in [0.1, 0.15) is 19.4 Å². The highest BCUT2D eigenvalue weighted by Crippen LogP contribution is 2.15. The highest BCUT2D eigenvalue weighted by Gasteiger charge is 2.01. The molecule has 0 aliphatic rings. The van der Waals surface area contributed by atoms with Gasteiger partial charge in [0.15, 0.2) is 0 Å². The van der Waals surface area contributed by atoms with E-state index in [-0.39, 0.29) is 0 Å². The Labute approximate surface area is 91.3 Å². The molecule has 0 amide bonds. The van der Waals surface area contributed by atoms with E-state index in [9.17, 15) is 0 Å². The second-order valence-corrected chi connectivity index (χ2v) is 4.39. The Morgan fingerprint density at radius 1 is 1.29 bits per heavy atom. The van der Waals surface area contributed by atoms with Gasteiger partial charge in [-0.2, -0.15) is 0 Å². The van der Waals surface area contributed by atoms with Crippen LogP contribution in [-0.4, -0.2) is 18.8 Å². The Balaban J connectivity index is 2.50. The first-order valence-corrected chi connectivity index (χ1v) is 6.35. The minimum atomic E-state index is 0.570. The van der Waals surface area contributed by atoms with Crippen molar-refractivity contribution in [2.24, 2.45) is 0 Å². The maximum absolute atomic E-state index is 3.42. The van der Waals surface area contributed by atoms with Gasteiger partial charge in [0.1, 0.15) is 0 Å². The van der Waals surface area contributed by atoms with Gasteiger partial charge in [0.05, 0.1) is 0 Å². The van der Waals surface area contributed by atoms with Crippen LogP contribution in [-0.2, 0) is 6.42 Å². The lowest BCUT2D eigenvalue weighted by atomic mass is 10.1. The molecular formula is C12H19NS. The van der Waals surface area contributed by atoms with Gasteiger partial charge in [-0.3, -0.25) is 0 Å². The third kappa shape index (κ3) is 3.72. The Morgan fingerprint density at radius 2 is 1.93 bits per heavy atom. The van der Waals surface area contributed by atoms with E-state index in [0.717, 1.165) is 13.0 Å². The predicted octanol–water partition coefficient (Wildman–Crippen LogP) is 2.95. The van der Waals surface area contributed by atoms with Crippen LogP contribution < -0.4 is 5.32 Å². The van der Waals surface area contributed by atoms with Crippen molar-refractivity contribution in [3.63, 3.8) is 0 Å². The molecule has 1 aromatic carbocycles. The van der Waals surface area contributed by atoms with Crippen LogP contribution in [0.4, 0.5) is 0 Å². The van der Waals surface area contributed by atoms with Crippen molar-refractivity contribution in [2.45, 2.75) is 31.2 Å². The molecule has 0 heterocycles. The predicted molar refractivity (Wildman–Crippen MR) is 65.1 cm³/mol. The summed E-state index contributed by atoms with van der Waals surface area (Å²) in [6.07, 6.45) is 3.22. The standard InChI is InChI=1S/C12H19NS/c1-4-13-10(2)9-11-5-7-12(14-3)8-6-11/h5-8,10,13H,4,9H2,1-3H3. The minimum Gasteiger partial charge on any atom is -0.314 e. The van der Waals surface area contributed by atoms with Crippen LogP contribution in [0.2, 0.25) is 0 Å². The average molecular weight is 209 g/mol. The molecular weight excluding hydrogens is 190 g/mol. The van der Waals surface area contributed by atoms with E-state index >= 15 is 0 Å². The SMILES string of the molecule is CCNC(C)Cc1ccc(SC)cc1. The molecule has 0 aromatic heterocycles. The maximum atomic E-state index is 3.42. The van der Waals surface area contributed by atoms with Crippen molar-refractivity contribution >= 4 is 11.8 Å². The molecule has 0 saturated carbocycles. The topological polar surface area (TPSA) is 12.0 Å². The van der Waals surface area contributed by atoms with E-state index in [4.69, 9.17) is 0 Å². The summed E-state index contributed by atoms with van der Waals surface area (Å²) in [5.74, 6) is 0. The molecule has 1 rings (SSSR count). The summed E-state index contributed by atoms with van der Waals surface area (Å²) in [4.78, 5) is 1.34. The first-order chi connectivity index (χ1) is 6.76. The fourth-order valence-corrected chi connectivity index (χ4v) is 1.94. The fraction of sp³-hybridized carbons (Fsp3) is 0.500. The van der Waals surface area contributed by atoms with E-state index in [0.29, 0.717) is 6.04 Å². The summed E-state index contributed by atoms with van der Waals surface area (Å²) in [7, 11) is 0. The van der Waals surface area contributed by atoms with E-state index in [1.807, 2.05) is 0 Å². The van der Waals surface area contributed by atoms with Crippen molar-refractivity contribution in [3.05, 3.63) is 29.8 Å². The molecule has 0 aliphatic heterocycles.